The molecule has 0 unspecified atom stereocenters. The zero-order valence-corrected chi connectivity index (χ0v) is 15.5. The van der Waals surface area contributed by atoms with Gasteiger partial charge in [-0.05, 0) is 48.9 Å². The van der Waals surface area contributed by atoms with E-state index in [-0.39, 0.29) is 11.5 Å². The molecule has 2 aromatic carbocycles. The number of nitrogens with zero attached hydrogens (tertiary/aromatic N) is 2. The summed E-state index contributed by atoms with van der Waals surface area (Å²) < 4.78 is 0. The number of benzene rings is 2. The molecule has 0 aliphatic carbocycles. The number of anilines is 5. The van der Waals surface area contributed by atoms with Crippen molar-refractivity contribution in [2.75, 3.05) is 16.0 Å². The molecule has 0 bridgehead atoms. The Balaban J connectivity index is 1.84. The van der Waals surface area contributed by atoms with Gasteiger partial charge in [-0.2, -0.15) is 4.98 Å². The normalized spacial score (nSPS) is 10.2. The molecule has 0 saturated heterocycles. The summed E-state index contributed by atoms with van der Waals surface area (Å²) in [4.78, 5) is 31.3. The summed E-state index contributed by atoms with van der Waals surface area (Å²) in [5.41, 5.74) is 8.89. The van der Waals surface area contributed by atoms with E-state index in [4.69, 9.17) is 5.73 Å². The van der Waals surface area contributed by atoms with Crippen molar-refractivity contribution in [2.24, 2.45) is 5.73 Å². The molecule has 0 fully saturated rings. The van der Waals surface area contributed by atoms with Crippen LogP contribution in [0.5, 0.6) is 0 Å². The van der Waals surface area contributed by atoms with Crippen LogP contribution in [0.4, 0.5) is 28.8 Å². The van der Waals surface area contributed by atoms with Gasteiger partial charge >= 0.3 is 0 Å². The van der Waals surface area contributed by atoms with Crippen LogP contribution in [-0.2, 0) is 4.79 Å². The second kappa shape index (κ2) is 8.17. The molecular formula is C20H20N6O2. The lowest BCUT2D eigenvalue weighted by molar-refractivity contribution is -0.114. The summed E-state index contributed by atoms with van der Waals surface area (Å²) in [5.74, 6) is -0.155. The fourth-order valence-corrected chi connectivity index (χ4v) is 2.55. The molecule has 1 aromatic heterocycles. The van der Waals surface area contributed by atoms with Gasteiger partial charge in [0, 0.05) is 30.2 Å². The minimum Gasteiger partial charge on any atom is -0.365 e. The number of rotatable bonds is 6. The Morgan fingerprint density at radius 1 is 0.964 bits per heavy atom. The van der Waals surface area contributed by atoms with Crippen LogP contribution < -0.4 is 21.7 Å². The number of carbonyl (C=O) groups excluding carboxylic acids is 2. The second-order valence-corrected chi connectivity index (χ2v) is 6.20. The third-order valence-electron chi connectivity index (χ3n) is 3.80. The second-order valence-electron chi connectivity index (χ2n) is 6.20. The Bertz CT molecular complexity index is 1020. The molecule has 0 radical (unpaired) electrons. The molecule has 0 aliphatic heterocycles. The highest BCUT2D eigenvalue weighted by Gasteiger charge is 2.13. The van der Waals surface area contributed by atoms with E-state index in [0.29, 0.717) is 17.5 Å². The van der Waals surface area contributed by atoms with E-state index in [1.807, 2.05) is 31.2 Å². The van der Waals surface area contributed by atoms with Gasteiger partial charge in [-0.3, -0.25) is 9.59 Å². The zero-order chi connectivity index (χ0) is 20.1. The first-order valence-electron chi connectivity index (χ1n) is 8.56. The predicted octanol–water partition coefficient (Wildman–Crippen LogP) is 3.33. The van der Waals surface area contributed by atoms with Gasteiger partial charge in [-0.25, -0.2) is 4.98 Å². The number of nitrogens with one attached hydrogen (secondary N) is 3. The van der Waals surface area contributed by atoms with Gasteiger partial charge < -0.3 is 21.7 Å². The number of primary amides is 1. The lowest BCUT2D eigenvalue weighted by atomic mass is 10.2. The molecule has 2 amide bonds. The Labute approximate surface area is 162 Å². The van der Waals surface area contributed by atoms with Crippen LogP contribution in [0.15, 0.2) is 54.7 Å². The lowest BCUT2D eigenvalue weighted by Crippen LogP contribution is -2.15. The minimum absolute atomic E-state index is 0.141. The molecule has 0 aliphatic rings. The Hall–Kier alpha value is -3.94. The standard InChI is InChI=1S/C20H20N6O2/c1-12-4-3-5-16(10-12)24-19-17(18(21)28)11-22-20(26-19)25-15-8-6-14(7-9-15)23-13(2)27/h3-11H,1-2H3,(H2,21,28)(H,23,27)(H2,22,24,25,26). The van der Waals surface area contributed by atoms with Crippen molar-refractivity contribution in [1.82, 2.24) is 9.97 Å². The van der Waals surface area contributed by atoms with E-state index in [1.54, 1.807) is 24.3 Å². The first kappa shape index (κ1) is 18.8. The molecule has 1 heterocycles. The van der Waals surface area contributed by atoms with Crippen molar-refractivity contribution in [2.45, 2.75) is 13.8 Å². The van der Waals surface area contributed by atoms with Gasteiger partial charge in [0.05, 0.1) is 0 Å². The van der Waals surface area contributed by atoms with E-state index in [2.05, 4.69) is 25.9 Å². The van der Waals surface area contributed by atoms with E-state index in [9.17, 15) is 9.59 Å². The fourth-order valence-electron chi connectivity index (χ4n) is 2.55. The first-order valence-corrected chi connectivity index (χ1v) is 8.56. The Morgan fingerprint density at radius 3 is 2.32 bits per heavy atom. The predicted molar refractivity (Wildman–Crippen MR) is 109 cm³/mol. The van der Waals surface area contributed by atoms with Crippen LogP contribution in [0, 0.1) is 6.92 Å². The van der Waals surface area contributed by atoms with Gasteiger partial charge in [0.15, 0.2) is 0 Å². The molecule has 3 aromatic rings. The third kappa shape index (κ3) is 4.82. The van der Waals surface area contributed by atoms with Crippen LogP contribution >= 0.6 is 0 Å². The Kier molecular flexibility index (Phi) is 5.50. The number of aromatic nitrogens is 2. The maximum atomic E-state index is 11.7. The van der Waals surface area contributed by atoms with Gasteiger partial charge in [0.2, 0.25) is 11.9 Å². The van der Waals surface area contributed by atoms with E-state index in [1.165, 1.54) is 13.1 Å². The molecule has 142 valence electrons. The van der Waals surface area contributed by atoms with Crippen molar-refractivity contribution in [1.29, 1.82) is 0 Å². The minimum atomic E-state index is -0.624. The zero-order valence-electron chi connectivity index (χ0n) is 15.5. The van der Waals surface area contributed by atoms with Crippen LogP contribution in [0.25, 0.3) is 0 Å². The monoisotopic (exact) mass is 376 g/mol. The summed E-state index contributed by atoms with van der Waals surface area (Å²) in [5, 5.41) is 8.87. The highest BCUT2D eigenvalue weighted by molar-refractivity contribution is 5.98. The average molecular weight is 376 g/mol. The summed E-state index contributed by atoms with van der Waals surface area (Å²) in [6.45, 7) is 3.42. The summed E-state index contributed by atoms with van der Waals surface area (Å²) in [6.07, 6.45) is 1.38. The molecule has 0 spiro atoms. The van der Waals surface area contributed by atoms with E-state index >= 15 is 0 Å². The topological polar surface area (TPSA) is 122 Å². The van der Waals surface area contributed by atoms with Gasteiger partial charge in [-0.15, -0.1) is 0 Å². The van der Waals surface area contributed by atoms with Crippen molar-refractivity contribution >= 4 is 40.6 Å². The van der Waals surface area contributed by atoms with Crippen LogP contribution in [-0.4, -0.2) is 21.8 Å². The number of hydrogen-bond donors (Lipinski definition) is 4. The molecule has 8 nitrogen and oxygen atoms in total. The molecule has 5 N–H and O–H groups in total. The van der Waals surface area contributed by atoms with Crippen LogP contribution in [0.1, 0.15) is 22.8 Å². The van der Waals surface area contributed by atoms with Crippen molar-refractivity contribution < 1.29 is 9.59 Å². The number of nitrogens with two attached hydrogens (primary N) is 1. The molecule has 3 rings (SSSR count). The molecule has 0 saturated carbocycles. The van der Waals surface area contributed by atoms with Gasteiger partial charge in [-0.1, -0.05) is 12.1 Å². The summed E-state index contributed by atoms with van der Waals surface area (Å²) in [6, 6.07) is 14.8. The number of carbonyl (C=O) groups is 2. The number of aryl methyl sites for hydroxylation is 1. The lowest BCUT2D eigenvalue weighted by Gasteiger charge is -2.12. The third-order valence-corrected chi connectivity index (χ3v) is 3.80. The fraction of sp³-hybridized carbons (Fsp3) is 0.100. The van der Waals surface area contributed by atoms with Gasteiger partial charge in [0.1, 0.15) is 11.4 Å². The van der Waals surface area contributed by atoms with Crippen molar-refractivity contribution in [3.05, 3.63) is 65.9 Å². The summed E-state index contributed by atoms with van der Waals surface area (Å²) in [7, 11) is 0. The first-order chi connectivity index (χ1) is 13.4. The maximum Gasteiger partial charge on any atom is 0.254 e. The number of hydrogen-bond acceptors (Lipinski definition) is 6. The SMILES string of the molecule is CC(=O)Nc1ccc(Nc2ncc(C(N)=O)c(Nc3cccc(C)c3)n2)cc1. The highest BCUT2D eigenvalue weighted by atomic mass is 16.1. The highest BCUT2D eigenvalue weighted by Crippen LogP contribution is 2.22. The van der Waals surface area contributed by atoms with Crippen LogP contribution in [0.3, 0.4) is 0 Å². The quantitative estimate of drug-likeness (QED) is 0.523. The maximum absolute atomic E-state index is 11.7. The number of amides is 2. The van der Waals surface area contributed by atoms with Crippen LogP contribution in [0.2, 0.25) is 0 Å². The van der Waals surface area contributed by atoms with E-state index in [0.717, 1.165) is 16.9 Å². The molecule has 28 heavy (non-hydrogen) atoms. The molecule has 0 atom stereocenters. The van der Waals surface area contributed by atoms with Gasteiger partial charge in [0.25, 0.3) is 5.91 Å². The molecular weight excluding hydrogens is 356 g/mol. The summed E-state index contributed by atoms with van der Waals surface area (Å²) >= 11 is 0. The largest absolute Gasteiger partial charge is 0.365 e. The van der Waals surface area contributed by atoms with E-state index < -0.39 is 5.91 Å². The van der Waals surface area contributed by atoms with Crippen molar-refractivity contribution in [3.8, 4) is 0 Å². The smallest absolute Gasteiger partial charge is 0.254 e. The molecule has 8 heteroatoms. The Morgan fingerprint density at radius 2 is 1.68 bits per heavy atom. The van der Waals surface area contributed by atoms with Crippen molar-refractivity contribution in [3.63, 3.8) is 0 Å². The average Bonchev–Trinajstić information content (AvgIpc) is 2.63.